The molecule has 0 saturated heterocycles. The van der Waals surface area contributed by atoms with Crippen LogP contribution in [0.4, 0.5) is 0 Å². The summed E-state index contributed by atoms with van der Waals surface area (Å²) < 4.78 is 9.77. The lowest BCUT2D eigenvalue weighted by Gasteiger charge is -2.08. The number of rotatable bonds is 4. The largest absolute Gasteiger partial charge is 0.493 e. The molecule has 0 bridgehead atoms. The van der Waals surface area contributed by atoms with Gasteiger partial charge in [0, 0.05) is 0 Å². The quantitative estimate of drug-likeness (QED) is 0.689. The van der Waals surface area contributed by atoms with Gasteiger partial charge in [0.1, 0.15) is 18.4 Å². The van der Waals surface area contributed by atoms with Crippen LogP contribution in [0.5, 0.6) is 5.75 Å². The van der Waals surface area contributed by atoms with Crippen molar-refractivity contribution in [2.24, 2.45) is 0 Å². The molecule has 0 atom stereocenters. The third-order valence-corrected chi connectivity index (χ3v) is 1.70. The highest BCUT2D eigenvalue weighted by atomic mass is 16.5. The maximum absolute atomic E-state index is 11.2. The number of hydrogen-bond donors (Lipinski definition) is 0. The minimum Gasteiger partial charge on any atom is -0.493 e. The van der Waals surface area contributed by atoms with Crippen molar-refractivity contribution in [3.8, 4) is 5.75 Å². The second-order valence-electron chi connectivity index (χ2n) is 2.78. The second-order valence-corrected chi connectivity index (χ2v) is 2.78. The van der Waals surface area contributed by atoms with E-state index in [4.69, 9.17) is 4.74 Å². The van der Waals surface area contributed by atoms with Crippen LogP contribution in [0.15, 0.2) is 24.3 Å². The van der Waals surface area contributed by atoms with E-state index >= 15 is 0 Å². The summed E-state index contributed by atoms with van der Waals surface area (Å²) in [6.07, 6.45) is 0.897. The first kappa shape index (κ1) is 10.6. The molecule has 3 heteroatoms. The molecule has 1 aromatic rings. The van der Waals surface area contributed by atoms with E-state index < -0.39 is 5.97 Å². The average Bonchev–Trinajstić information content (AvgIpc) is 2.25. The summed E-state index contributed by atoms with van der Waals surface area (Å²) in [7, 11) is 3.08. The molecule has 0 heterocycles. The zero-order valence-electron chi connectivity index (χ0n) is 8.16. The smallest absolute Gasteiger partial charge is 0.342 e. The van der Waals surface area contributed by atoms with Crippen LogP contribution in [0.2, 0.25) is 0 Å². The summed E-state index contributed by atoms with van der Waals surface area (Å²) in [4.78, 5) is 11.2. The maximum Gasteiger partial charge on any atom is 0.342 e. The third-order valence-electron chi connectivity index (χ3n) is 1.70. The Bertz CT molecular complexity index is 307. The molecule has 0 aromatic heterocycles. The van der Waals surface area contributed by atoms with Crippen molar-refractivity contribution < 1.29 is 14.3 Å². The summed E-state index contributed by atoms with van der Waals surface area (Å²) in [5, 5.41) is 0. The fraction of sp³-hybridized carbons (Fsp3) is 0.273. The van der Waals surface area contributed by atoms with E-state index in [0.29, 0.717) is 17.9 Å². The fourth-order valence-corrected chi connectivity index (χ4v) is 1.05. The predicted molar refractivity (Wildman–Crippen MR) is 53.0 cm³/mol. The SMILES string of the molecule is [CH2]OC(=O)c1ccccc1OCCC. The summed E-state index contributed by atoms with van der Waals surface area (Å²) in [5.74, 6) is 0.0692. The van der Waals surface area contributed by atoms with Gasteiger partial charge in [0.05, 0.1) is 6.61 Å². The summed E-state index contributed by atoms with van der Waals surface area (Å²) in [6.45, 7) is 2.59. The first-order valence-electron chi connectivity index (χ1n) is 4.47. The molecule has 0 aliphatic heterocycles. The Hall–Kier alpha value is -1.51. The number of carbonyl (C=O) groups is 1. The minimum atomic E-state index is -0.475. The zero-order chi connectivity index (χ0) is 10.4. The number of ether oxygens (including phenoxy) is 2. The molecule has 75 valence electrons. The maximum atomic E-state index is 11.2. The molecule has 0 unspecified atom stereocenters. The summed E-state index contributed by atoms with van der Waals surface area (Å²) in [6, 6.07) is 6.95. The topological polar surface area (TPSA) is 35.5 Å². The van der Waals surface area contributed by atoms with Crippen LogP contribution in [0.1, 0.15) is 23.7 Å². The van der Waals surface area contributed by atoms with Crippen LogP contribution in [-0.2, 0) is 4.74 Å². The molecule has 1 radical (unpaired) electrons. The Morgan fingerprint density at radius 3 is 2.79 bits per heavy atom. The van der Waals surface area contributed by atoms with E-state index in [-0.39, 0.29) is 0 Å². The highest BCUT2D eigenvalue weighted by molar-refractivity contribution is 5.92. The van der Waals surface area contributed by atoms with Gasteiger partial charge in [0.15, 0.2) is 0 Å². The second kappa shape index (κ2) is 5.27. The summed E-state index contributed by atoms with van der Waals surface area (Å²) >= 11 is 0. The molecule has 0 amide bonds. The summed E-state index contributed by atoms with van der Waals surface area (Å²) in [5.41, 5.74) is 0.413. The zero-order valence-corrected chi connectivity index (χ0v) is 8.16. The molecule has 0 aliphatic rings. The van der Waals surface area contributed by atoms with Gasteiger partial charge in [-0.05, 0) is 18.6 Å². The molecule has 0 fully saturated rings. The van der Waals surface area contributed by atoms with Gasteiger partial charge < -0.3 is 9.47 Å². The number of para-hydroxylation sites is 1. The van der Waals surface area contributed by atoms with Gasteiger partial charge >= 0.3 is 5.97 Å². The van der Waals surface area contributed by atoms with Crippen LogP contribution < -0.4 is 4.74 Å². The van der Waals surface area contributed by atoms with Crippen LogP contribution in [0.25, 0.3) is 0 Å². The Morgan fingerprint density at radius 1 is 1.43 bits per heavy atom. The normalized spacial score (nSPS) is 9.57. The average molecular weight is 193 g/mol. The molecule has 0 saturated carbocycles. The first-order valence-corrected chi connectivity index (χ1v) is 4.47. The van der Waals surface area contributed by atoms with Gasteiger partial charge in [0.25, 0.3) is 0 Å². The molecule has 3 nitrogen and oxygen atoms in total. The number of hydrogen-bond acceptors (Lipinski definition) is 3. The molecular weight excluding hydrogens is 180 g/mol. The van der Waals surface area contributed by atoms with Crippen LogP contribution in [-0.4, -0.2) is 12.6 Å². The number of esters is 1. The highest BCUT2D eigenvalue weighted by Crippen LogP contribution is 2.18. The number of benzene rings is 1. The van der Waals surface area contributed by atoms with Crippen LogP contribution in [0, 0.1) is 7.11 Å². The standard InChI is InChI=1S/C11H13O3/c1-3-8-14-10-7-5-4-6-9(10)11(12)13-2/h4-7H,2-3,8H2,1H3. The van der Waals surface area contributed by atoms with E-state index in [1.54, 1.807) is 18.2 Å². The van der Waals surface area contributed by atoms with Gasteiger partial charge in [-0.2, -0.15) is 0 Å². The van der Waals surface area contributed by atoms with Crippen molar-refractivity contribution in [3.05, 3.63) is 36.9 Å². The van der Waals surface area contributed by atoms with E-state index in [2.05, 4.69) is 11.8 Å². The third kappa shape index (κ3) is 2.49. The Morgan fingerprint density at radius 2 is 2.14 bits per heavy atom. The Kier molecular flexibility index (Phi) is 3.98. The number of carbonyl (C=O) groups excluding carboxylic acids is 1. The lowest BCUT2D eigenvalue weighted by atomic mass is 10.2. The van der Waals surface area contributed by atoms with E-state index in [9.17, 15) is 4.79 Å². The first-order chi connectivity index (χ1) is 6.79. The molecule has 0 aliphatic carbocycles. The fourth-order valence-electron chi connectivity index (χ4n) is 1.05. The Labute approximate surface area is 83.6 Å². The van der Waals surface area contributed by atoms with Crippen molar-refractivity contribution in [1.82, 2.24) is 0 Å². The molecule has 0 spiro atoms. The van der Waals surface area contributed by atoms with Crippen molar-refractivity contribution in [3.63, 3.8) is 0 Å². The molecule has 14 heavy (non-hydrogen) atoms. The van der Waals surface area contributed by atoms with Crippen molar-refractivity contribution in [2.45, 2.75) is 13.3 Å². The van der Waals surface area contributed by atoms with Gasteiger partial charge in [-0.15, -0.1) is 0 Å². The van der Waals surface area contributed by atoms with E-state index in [1.807, 2.05) is 13.0 Å². The van der Waals surface area contributed by atoms with Crippen molar-refractivity contribution in [2.75, 3.05) is 6.61 Å². The lowest BCUT2D eigenvalue weighted by Crippen LogP contribution is -2.05. The monoisotopic (exact) mass is 193 g/mol. The van der Waals surface area contributed by atoms with Gasteiger partial charge in [0.2, 0.25) is 0 Å². The molecule has 0 N–H and O–H groups in total. The lowest BCUT2D eigenvalue weighted by molar-refractivity contribution is 0.0649. The molecular formula is C11H13O3. The van der Waals surface area contributed by atoms with Crippen LogP contribution >= 0.6 is 0 Å². The van der Waals surface area contributed by atoms with E-state index in [1.165, 1.54) is 0 Å². The van der Waals surface area contributed by atoms with Crippen molar-refractivity contribution >= 4 is 5.97 Å². The predicted octanol–water partition coefficient (Wildman–Crippen LogP) is 2.42. The van der Waals surface area contributed by atoms with Gasteiger partial charge in [-0.1, -0.05) is 19.1 Å². The molecule has 1 rings (SSSR count). The van der Waals surface area contributed by atoms with Gasteiger partial charge in [-0.3, -0.25) is 0 Å². The minimum absolute atomic E-state index is 0.413. The van der Waals surface area contributed by atoms with E-state index in [0.717, 1.165) is 6.42 Å². The Balaban J connectivity index is 2.85. The van der Waals surface area contributed by atoms with Crippen molar-refractivity contribution in [1.29, 1.82) is 0 Å². The molecule has 1 aromatic carbocycles. The highest BCUT2D eigenvalue weighted by Gasteiger charge is 2.11. The van der Waals surface area contributed by atoms with Crippen LogP contribution in [0.3, 0.4) is 0 Å². The van der Waals surface area contributed by atoms with Gasteiger partial charge in [-0.25, -0.2) is 4.79 Å².